The van der Waals surface area contributed by atoms with E-state index < -0.39 is 0 Å². The van der Waals surface area contributed by atoms with Gasteiger partial charge in [0.2, 0.25) is 0 Å². The Labute approximate surface area is 273 Å². The van der Waals surface area contributed by atoms with E-state index in [4.69, 9.17) is 9.97 Å². The molecule has 0 spiro atoms. The summed E-state index contributed by atoms with van der Waals surface area (Å²) in [4.78, 5) is 10.7. The van der Waals surface area contributed by atoms with Gasteiger partial charge in [-0.25, -0.2) is 9.97 Å². The Morgan fingerprint density at radius 3 is 1.96 bits per heavy atom. The van der Waals surface area contributed by atoms with Crippen LogP contribution >= 0.6 is 0 Å². The predicted molar refractivity (Wildman–Crippen MR) is 196 cm³/mol. The summed E-state index contributed by atoms with van der Waals surface area (Å²) in [5.74, 6) is 0.760. The first-order valence-electron chi connectivity index (χ1n) is 16.1. The molecule has 0 unspecified atom stereocenters. The minimum absolute atomic E-state index is 0.609. The number of hydrogen-bond acceptors (Lipinski definition) is 3. The van der Waals surface area contributed by atoms with Crippen molar-refractivity contribution < 1.29 is 0 Å². The predicted octanol–water partition coefficient (Wildman–Crippen LogP) is 10.6. The Balaban J connectivity index is 1.44. The van der Waals surface area contributed by atoms with E-state index >= 15 is 0 Å². The third-order valence-electron chi connectivity index (χ3n) is 10.0. The lowest BCUT2D eigenvalue weighted by molar-refractivity contribution is 1.08. The summed E-state index contributed by atoms with van der Waals surface area (Å²) < 4.78 is 4.78. The Morgan fingerprint density at radius 1 is 0.500 bits per heavy atom. The molecule has 11 aromatic rings. The molecule has 0 atom stereocenters. The fourth-order valence-electron chi connectivity index (χ4n) is 8.04. The molecule has 0 radical (unpaired) electrons. The summed E-state index contributed by atoms with van der Waals surface area (Å²) >= 11 is 0. The van der Waals surface area contributed by atoms with Crippen LogP contribution in [0.15, 0.2) is 140 Å². The van der Waals surface area contributed by atoms with Gasteiger partial charge >= 0.3 is 0 Å². The van der Waals surface area contributed by atoms with Gasteiger partial charge in [0.1, 0.15) is 5.69 Å². The molecule has 7 aromatic carbocycles. The van der Waals surface area contributed by atoms with Gasteiger partial charge in [-0.15, -0.1) is 0 Å². The summed E-state index contributed by atoms with van der Waals surface area (Å²) in [5, 5.41) is 19.2. The van der Waals surface area contributed by atoms with Gasteiger partial charge in [0.25, 0.3) is 0 Å². The third-order valence-corrected chi connectivity index (χ3v) is 10.0. The number of hydrogen-bond donors (Lipinski definition) is 0. The molecule has 0 bridgehead atoms. The maximum atomic E-state index is 9.57. The second-order valence-corrected chi connectivity index (χ2v) is 12.5. The Hall–Kier alpha value is -6.77. The van der Waals surface area contributed by atoms with Crippen molar-refractivity contribution in [3.8, 4) is 23.1 Å². The average Bonchev–Trinajstić information content (AvgIpc) is 3.79. The second-order valence-electron chi connectivity index (χ2n) is 12.5. The van der Waals surface area contributed by atoms with Crippen LogP contribution in [0.1, 0.15) is 5.56 Å². The first-order chi connectivity index (χ1) is 23.8. The highest BCUT2D eigenvalue weighted by Crippen LogP contribution is 2.48. The second kappa shape index (κ2) is 9.16. The number of benzene rings is 7. The van der Waals surface area contributed by atoms with Crippen LogP contribution in [-0.2, 0) is 0 Å². The zero-order valence-electron chi connectivity index (χ0n) is 25.5. The molecule has 0 aliphatic heterocycles. The lowest BCUT2D eigenvalue weighted by Gasteiger charge is -2.14. The van der Waals surface area contributed by atoms with E-state index in [-0.39, 0.29) is 0 Å². The SMILES string of the molecule is N#Cc1ccc(-c2nc3ccccc3nc2-n2c3ccc4ccccc4c3c3cc4c5ccccc5n5c6ccccc6c(c32)c45)cc1. The van der Waals surface area contributed by atoms with Gasteiger partial charge in [-0.2, -0.15) is 5.26 Å². The Morgan fingerprint density at radius 2 is 1.17 bits per heavy atom. The largest absolute Gasteiger partial charge is 0.308 e. The van der Waals surface area contributed by atoms with Crippen LogP contribution in [-0.4, -0.2) is 18.9 Å². The van der Waals surface area contributed by atoms with Crippen molar-refractivity contribution in [1.82, 2.24) is 18.9 Å². The molecule has 0 amide bonds. The monoisotopic (exact) mass is 609 g/mol. The van der Waals surface area contributed by atoms with Crippen molar-refractivity contribution in [3.05, 3.63) is 145 Å². The van der Waals surface area contributed by atoms with Crippen LogP contribution in [0.25, 0.3) is 98.8 Å². The van der Waals surface area contributed by atoms with Gasteiger partial charge in [-0.1, -0.05) is 91.0 Å². The molecular weight excluding hydrogens is 587 g/mol. The fourth-order valence-corrected chi connectivity index (χ4v) is 8.04. The fraction of sp³-hybridized carbons (Fsp3) is 0. The summed E-state index contributed by atoms with van der Waals surface area (Å²) in [5.41, 5.74) is 9.73. The van der Waals surface area contributed by atoms with E-state index in [1.807, 2.05) is 48.5 Å². The molecule has 0 saturated heterocycles. The van der Waals surface area contributed by atoms with E-state index in [0.29, 0.717) is 5.56 Å². The third kappa shape index (κ3) is 3.18. The molecular formula is C43H23N5. The zero-order chi connectivity index (χ0) is 31.5. The van der Waals surface area contributed by atoms with Crippen molar-refractivity contribution in [2.24, 2.45) is 0 Å². The maximum Gasteiger partial charge on any atom is 0.165 e. The van der Waals surface area contributed by atoms with Gasteiger partial charge in [0.05, 0.1) is 50.2 Å². The molecule has 4 aromatic heterocycles. The van der Waals surface area contributed by atoms with Crippen LogP contribution < -0.4 is 0 Å². The van der Waals surface area contributed by atoms with Crippen LogP contribution in [0.3, 0.4) is 0 Å². The molecule has 5 nitrogen and oxygen atoms in total. The summed E-state index contributed by atoms with van der Waals surface area (Å²) in [7, 11) is 0. The molecule has 0 N–H and O–H groups in total. The summed E-state index contributed by atoms with van der Waals surface area (Å²) in [6.07, 6.45) is 0. The minimum atomic E-state index is 0.609. The summed E-state index contributed by atoms with van der Waals surface area (Å²) in [6.45, 7) is 0. The quantitative estimate of drug-likeness (QED) is 0.196. The van der Waals surface area contributed by atoms with Gasteiger partial charge in [0, 0.05) is 37.9 Å². The highest BCUT2D eigenvalue weighted by atomic mass is 15.1. The number of nitrogens with zero attached hydrogens (tertiary/aromatic N) is 5. The molecule has 5 heteroatoms. The van der Waals surface area contributed by atoms with E-state index in [1.165, 1.54) is 59.6 Å². The lowest BCUT2D eigenvalue weighted by atomic mass is 10.0. The van der Waals surface area contributed by atoms with Crippen LogP contribution in [0.5, 0.6) is 0 Å². The first-order valence-corrected chi connectivity index (χ1v) is 16.1. The number of rotatable bonds is 2. The van der Waals surface area contributed by atoms with Crippen molar-refractivity contribution >= 4 is 81.7 Å². The topological polar surface area (TPSA) is 58.9 Å². The van der Waals surface area contributed by atoms with Crippen molar-refractivity contribution in [2.75, 3.05) is 0 Å². The van der Waals surface area contributed by atoms with Gasteiger partial charge in [-0.05, 0) is 59.3 Å². The summed E-state index contributed by atoms with van der Waals surface area (Å²) in [6, 6.07) is 51.0. The molecule has 4 heterocycles. The van der Waals surface area contributed by atoms with Gasteiger partial charge in [-0.3, -0.25) is 4.57 Å². The molecule has 0 aliphatic rings. The molecule has 11 rings (SSSR count). The smallest absolute Gasteiger partial charge is 0.165 e. The van der Waals surface area contributed by atoms with Gasteiger partial charge < -0.3 is 4.40 Å². The number of fused-ring (bicyclic) bond motifs is 13. The normalized spacial score (nSPS) is 12.1. The molecule has 0 saturated carbocycles. The van der Waals surface area contributed by atoms with E-state index in [0.717, 1.165) is 39.1 Å². The van der Waals surface area contributed by atoms with Crippen LogP contribution in [0.4, 0.5) is 0 Å². The Kier molecular flexibility index (Phi) is 4.85. The molecule has 0 fully saturated rings. The number of nitriles is 1. The number of aromatic nitrogens is 4. The maximum absolute atomic E-state index is 9.57. The van der Waals surface area contributed by atoms with E-state index in [1.54, 1.807) is 0 Å². The van der Waals surface area contributed by atoms with Gasteiger partial charge in [0.15, 0.2) is 5.82 Å². The molecule has 0 aliphatic carbocycles. The zero-order valence-corrected chi connectivity index (χ0v) is 25.5. The number of para-hydroxylation sites is 4. The lowest BCUT2D eigenvalue weighted by Crippen LogP contribution is -2.04. The van der Waals surface area contributed by atoms with E-state index in [9.17, 15) is 5.26 Å². The first kappa shape index (κ1) is 25.4. The van der Waals surface area contributed by atoms with Crippen molar-refractivity contribution in [2.45, 2.75) is 0 Å². The minimum Gasteiger partial charge on any atom is -0.308 e. The highest BCUT2D eigenvalue weighted by molar-refractivity contribution is 6.36. The Bertz CT molecular complexity index is 3170. The van der Waals surface area contributed by atoms with Crippen molar-refractivity contribution in [1.29, 1.82) is 5.26 Å². The van der Waals surface area contributed by atoms with Crippen LogP contribution in [0.2, 0.25) is 0 Å². The highest BCUT2D eigenvalue weighted by Gasteiger charge is 2.27. The van der Waals surface area contributed by atoms with Crippen molar-refractivity contribution in [3.63, 3.8) is 0 Å². The molecule has 220 valence electrons. The molecule has 48 heavy (non-hydrogen) atoms. The average molecular weight is 610 g/mol. The van der Waals surface area contributed by atoms with E-state index in [2.05, 4.69) is 106 Å². The standard InChI is InChI=1S/C43H23N5/c44-24-25-17-19-27(20-18-25)40-43(46-34-14-6-5-13-33(34)45-40)48-37-22-21-26-9-1-2-10-28(26)38(37)32-23-31-29-11-3-7-15-35(29)47-36-16-8-4-12-30(36)39(41(31)47)42(32)48/h1-23H. The van der Waals surface area contributed by atoms with Crippen LogP contribution in [0, 0.1) is 11.3 Å².